The Bertz CT molecular complexity index is 286. The van der Waals surface area contributed by atoms with Crippen molar-refractivity contribution in [1.82, 2.24) is 0 Å². The lowest BCUT2D eigenvalue weighted by atomic mass is 9.99. The van der Waals surface area contributed by atoms with Crippen LogP contribution in [0.4, 0.5) is 0 Å². The van der Waals surface area contributed by atoms with E-state index in [2.05, 4.69) is 13.8 Å². The maximum absolute atomic E-state index is 10.0. The predicted octanol–water partition coefficient (Wildman–Crippen LogP) is 0.942. The standard InChI is InChI=1S/C16H32O6/c1-3-5-7-9-11(8-6-4-2)21-16-15(20)14(19)13(18)12(10-17)22-16/h11-20H,3-10H2,1-2H3/t11?,12-,13-,14+,15-,16-/m1/s1. The smallest absolute Gasteiger partial charge is 0.186 e. The van der Waals surface area contributed by atoms with Crippen molar-refractivity contribution < 1.29 is 29.9 Å². The highest BCUT2D eigenvalue weighted by atomic mass is 16.7. The van der Waals surface area contributed by atoms with Gasteiger partial charge >= 0.3 is 0 Å². The van der Waals surface area contributed by atoms with Crippen molar-refractivity contribution in [3.8, 4) is 0 Å². The van der Waals surface area contributed by atoms with Crippen LogP contribution in [-0.2, 0) is 9.47 Å². The molecule has 6 nitrogen and oxygen atoms in total. The molecule has 0 aromatic heterocycles. The van der Waals surface area contributed by atoms with Crippen LogP contribution < -0.4 is 0 Å². The molecule has 0 spiro atoms. The van der Waals surface area contributed by atoms with Crippen LogP contribution in [0.3, 0.4) is 0 Å². The molecule has 1 fully saturated rings. The molecule has 1 rings (SSSR count). The minimum Gasteiger partial charge on any atom is -0.394 e. The molecule has 0 aromatic carbocycles. The first kappa shape index (κ1) is 19.8. The Morgan fingerprint density at radius 2 is 1.55 bits per heavy atom. The largest absolute Gasteiger partial charge is 0.394 e. The minimum atomic E-state index is -1.38. The van der Waals surface area contributed by atoms with E-state index in [1.54, 1.807) is 0 Å². The Labute approximate surface area is 133 Å². The average molecular weight is 320 g/mol. The second-order valence-electron chi connectivity index (χ2n) is 6.09. The third kappa shape index (κ3) is 5.76. The third-order valence-electron chi connectivity index (χ3n) is 4.18. The zero-order valence-corrected chi connectivity index (χ0v) is 13.7. The van der Waals surface area contributed by atoms with Crippen molar-refractivity contribution in [3.63, 3.8) is 0 Å². The number of unbranched alkanes of at least 4 members (excludes halogenated alkanes) is 3. The zero-order valence-electron chi connectivity index (χ0n) is 13.7. The fourth-order valence-electron chi connectivity index (χ4n) is 2.70. The first-order valence-electron chi connectivity index (χ1n) is 8.51. The molecule has 4 N–H and O–H groups in total. The molecule has 0 amide bonds. The fraction of sp³-hybridized carbons (Fsp3) is 1.00. The summed E-state index contributed by atoms with van der Waals surface area (Å²) in [5.74, 6) is 0. The van der Waals surface area contributed by atoms with Gasteiger partial charge in [-0.25, -0.2) is 0 Å². The maximum atomic E-state index is 10.0. The van der Waals surface area contributed by atoms with Gasteiger partial charge in [-0.05, 0) is 12.8 Å². The van der Waals surface area contributed by atoms with E-state index in [0.29, 0.717) is 0 Å². The van der Waals surface area contributed by atoms with Gasteiger partial charge in [-0.3, -0.25) is 0 Å². The number of aliphatic hydroxyl groups is 4. The summed E-state index contributed by atoms with van der Waals surface area (Å²) in [4.78, 5) is 0. The fourth-order valence-corrected chi connectivity index (χ4v) is 2.70. The van der Waals surface area contributed by atoms with Crippen LogP contribution >= 0.6 is 0 Å². The highest BCUT2D eigenvalue weighted by Gasteiger charge is 2.44. The van der Waals surface area contributed by atoms with Gasteiger partial charge in [0.2, 0.25) is 0 Å². The van der Waals surface area contributed by atoms with Crippen LogP contribution in [0, 0.1) is 0 Å². The summed E-state index contributed by atoms with van der Waals surface area (Å²) >= 11 is 0. The molecule has 1 saturated heterocycles. The summed E-state index contributed by atoms with van der Waals surface area (Å²) in [5, 5.41) is 38.8. The molecule has 0 aliphatic carbocycles. The number of aliphatic hydroxyl groups excluding tert-OH is 4. The average Bonchev–Trinajstić information content (AvgIpc) is 2.52. The second-order valence-corrected chi connectivity index (χ2v) is 6.09. The summed E-state index contributed by atoms with van der Waals surface area (Å²) in [6.07, 6.45) is 1.12. The quantitative estimate of drug-likeness (QED) is 0.447. The lowest BCUT2D eigenvalue weighted by Gasteiger charge is -2.41. The minimum absolute atomic E-state index is 0.0482. The molecule has 1 unspecified atom stereocenters. The van der Waals surface area contributed by atoms with E-state index < -0.39 is 37.3 Å². The summed E-state index contributed by atoms with van der Waals surface area (Å²) in [6.45, 7) is 3.82. The van der Waals surface area contributed by atoms with Crippen molar-refractivity contribution in [2.24, 2.45) is 0 Å². The summed E-state index contributed by atoms with van der Waals surface area (Å²) in [6, 6.07) is 0. The SMILES string of the molecule is CCCCCC(CCCC)O[C@@H]1O[C@H](CO)[C@@H](O)[C@H](O)[C@H]1O. The van der Waals surface area contributed by atoms with Gasteiger partial charge < -0.3 is 29.9 Å². The first-order valence-corrected chi connectivity index (χ1v) is 8.51. The van der Waals surface area contributed by atoms with E-state index in [4.69, 9.17) is 9.47 Å². The summed E-state index contributed by atoms with van der Waals surface area (Å²) in [7, 11) is 0. The monoisotopic (exact) mass is 320 g/mol. The van der Waals surface area contributed by atoms with Gasteiger partial charge in [-0.15, -0.1) is 0 Å². The van der Waals surface area contributed by atoms with Crippen molar-refractivity contribution in [1.29, 1.82) is 0 Å². The second kappa shape index (κ2) is 10.5. The van der Waals surface area contributed by atoms with Crippen LogP contribution in [-0.4, -0.2) is 63.8 Å². The van der Waals surface area contributed by atoms with Gasteiger partial charge in [-0.2, -0.15) is 0 Å². The highest BCUT2D eigenvalue weighted by molar-refractivity contribution is 4.89. The number of hydrogen-bond donors (Lipinski definition) is 4. The third-order valence-corrected chi connectivity index (χ3v) is 4.18. The molecule has 22 heavy (non-hydrogen) atoms. The molecule has 6 heteroatoms. The van der Waals surface area contributed by atoms with Gasteiger partial charge in [0.25, 0.3) is 0 Å². The Morgan fingerprint density at radius 1 is 0.909 bits per heavy atom. The van der Waals surface area contributed by atoms with Crippen LogP contribution in [0.25, 0.3) is 0 Å². The lowest BCUT2D eigenvalue weighted by Crippen LogP contribution is -2.59. The molecule has 1 aliphatic heterocycles. The maximum Gasteiger partial charge on any atom is 0.186 e. The Hall–Kier alpha value is -0.240. The molecule has 1 aliphatic rings. The van der Waals surface area contributed by atoms with Crippen molar-refractivity contribution in [2.75, 3.05) is 6.61 Å². The lowest BCUT2D eigenvalue weighted by molar-refractivity contribution is -0.312. The molecule has 0 aromatic rings. The highest BCUT2D eigenvalue weighted by Crippen LogP contribution is 2.25. The molecule has 1 heterocycles. The molecule has 6 atom stereocenters. The Balaban J connectivity index is 2.60. The van der Waals surface area contributed by atoms with E-state index >= 15 is 0 Å². The van der Waals surface area contributed by atoms with Gasteiger partial charge in [0.15, 0.2) is 6.29 Å². The zero-order chi connectivity index (χ0) is 16.5. The normalized spacial score (nSPS) is 33.8. The summed E-state index contributed by atoms with van der Waals surface area (Å²) < 4.78 is 11.3. The van der Waals surface area contributed by atoms with Crippen LogP contribution in [0.1, 0.15) is 58.8 Å². The Kier molecular flexibility index (Phi) is 9.47. The molecule has 0 bridgehead atoms. The molecular formula is C16H32O6. The van der Waals surface area contributed by atoms with Gasteiger partial charge in [0.1, 0.15) is 24.4 Å². The van der Waals surface area contributed by atoms with Crippen LogP contribution in [0.5, 0.6) is 0 Å². The van der Waals surface area contributed by atoms with E-state index in [-0.39, 0.29) is 6.10 Å². The van der Waals surface area contributed by atoms with E-state index in [1.165, 1.54) is 0 Å². The van der Waals surface area contributed by atoms with Gasteiger partial charge in [0, 0.05) is 0 Å². The van der Waals surface area contributed by atoms with Crippen LogP contribution in [0.15, 0.2) is 0 Å². The van der Waals surface area contributed by atoms with Crippen molar-refractivity contribution in [3.05, 3.63) is 0 Å². The van der Waals surface area contributed by atoms with Crippen LogP contribution in [0.2, 0.25) is 0 Å². The van der Waals surface area contributed by atoms with Crippen molar-refractivity contribution >= 4 is 0 Å². The van der Waals surface area contributed by atoms with E-state index in [1.807, 2.05) is 0 Å². The van der Waals surface area contributed by atoms with Gasteiger partial charge in [0.05, 0.1) is 12.7 Å². The topological polar surface area (TPSA) is 99.4 Å². The first-order chi connectivity index (χ1) is 10.5. The molecular weight excluding hydrogens is 288 g/mol. The Morgan fingerprint density at radius 3 is 2.14 bits per heavy atom. The number of hydrogen-bond acceptors (Lipinski definition) is 6. The van der Waals surface area contributed by atoms with Gasteiger partial charge in [-0.1, -0.05) is 46.0 Å². The van der Waals surface area contributed by atoms with E-state index in [0.717, 1.165) is 44.9 Å². The molecule has 0 saturated carbocycles. The van der Waals surface area contributed by atoms with Crippen molar-refractivity contribution in [2.45, 2.75) is 95.6 Å². The van der Waals surface area contributed by atoms with E-state index in [9.17, 15) is 20.4 Å². The summed E-state index contributed by atoms with van der Waals surface area (Å²) in [5.41, 5.74) is 0. The number of ether oxygens (including phenoxy) is 2. The molecule has 0 radical (unpaired) electrons. The molecule has 132 valence electrons. The number of rotatable bonds is 10. The predicted molar refractivity (Wildman–Crippen MR) is 82.3 cm³/mol.